The van der Waals surface area contributed by atoms with Crippen molar-refractivity contribution in [3.05, 3.63) is 66.0 Å². The lowest BCUT2D eigenvalue weighted by atomic mass is 10.0. The van der Waals surface area contributed by atoms with Gasteiger partial charge in [0.2, 0.25) is 0 Å². The topological polar surface area (TPSA) is 87.3 Å². The van der Waals surface area contributed by atoms with E-state index in [9.17, 15) is 5.11 Å². The first-order chi connectivity index (χ1) is 13.6. The predicted octanol–water partition coefficient (Wildman–Crippen LogP) is 2.70. The van der Waals surface area contributed by atoms with Gasteiger partial charge in [-0.15, -0.1) is 0 Å². The fourth-order valence-corrected chi connectivity index (χ4v) is 3.85. The van der Waals surface area contributed by atoms with Crippen LogP contribution in [0.1, 0.15) is 30.5 Å². The summed E-state index contributed by atoms with van der Waals surface area (Å²) in [5, 5.41) is 14.7. The molecule has 0 radical (unpaired) electrons. The molecule has 3 atom stereocenters. The highest BCUT2D eigenvalue weighted by Gasteiger charge is 2.25. The highest BCUT2D eigenvalue weighted by Crippen LogP contribution is 2.28. The van der Waals surface area contributed by atoms with Gasteiger partial charge in [0.25, 0.3) is 0 Å². The SMILES string of the molecule is C[C@H](Nc1ncnc2cccc(CN3CC[C@@H](N)[C@H](O)C3)c12)c1ccccc1. The Bertz CT molecular complexity index is 927. The number of hydrogen-bond acceptors (Lipinski definition) is 6. The first-order valence-electron chi connectivity index (χ1n) is 9.82. The predicted molar refractivity (Wildman–Crippen MR) is 112 cm³/mol. The van der Waals surface area contributed by atoms with Crippen molar-refractivity contribution in [3.8, 4) is 0 Å². The van der Waals surface area contributed by atoms with Gasteiger partial charge >= 0.3 is 0 Å². The molecule has 1 aliphatic rings. The summed E-state index contributed by atoms with van der Waals surface area (Å²) in [6, 6.07) is 16.5. The van der Waals surface area contributed by atoms with Gasteiger partial charge in [-0.25, -0.2) is 9.97 Å². The Morgan fingerprint density at radius 2 is 2.00 bits per heavy atom. The van der Waals surface area contributed by atoms with E-state index in [-0.39, 0.29) is 12.1 Å². The molecule has 0 saturated carbocycles. The van der Waals surface area contributed by atoms with Crippen LogP contribution in [0.15, 0.2) is 54.9 Å². The molecule has 4 N–H and O–H groups in total. The number of benzene rings is 2. The molecule has 4 rings (SSSR count). The monoisotopic (exact) mass is 377 g/mol. The number of rotatable bonds is 5. The number of likely N-dealkylation sites (tertiary alicyclic amines) is 1. The van der Waals surface area contributed by atoms with E-state index in [1.165, 1.54) is 5.56 Å². The lowest BCUT2D eigenvalue weighted by molar-refractivity contribution is 0.0501. The van der Waals surface area contributed by atoms with Crippen molar-refractivity contribution in [2.45, 2.75) is 38.1 Å². The second-order valence-electron chi connectivity index (χ2n) is 7.57. The first-order valence-corrected chi connectivity index (χ1v) is 9.82. The molecule has 1 aliphatic heterocycles. The minimum atomic E-state index is -0.476. The van der Waals surface area contributed by atoms with Crippen LogP contribution in [0.4, 0.5) is 5.82 Å². The number of aliphatic hydroxyl groups is 1. The molecule has 1 aromatic heterocycles. The summed E-state index contributed by atoms with van der Waals surface area (Å²) in [5.74, 6) is 0.839. The molecule has 1 fully saturated rings. The third kappa shape index (κ3) is 3.99. The molecule has 0 aliphatic carbocycles. The van der Waals surface area contributed by atoms with E-state index in [1.807, 2.05) is 30.3 Å². The molecule has 28 heavy (non-hydrogen) atoms. The quantitative estimate of drug-likeness (QED) is 0.634. The van der Waals surface area contributed by atoms with Crippen molar-refractivity contribution in [2.24, 2.45) is 5.73 Å². The van der Waals surface area contributed by atoms with Gasteiger partial charge in [0.05, 0.1) is 11.6 Å². The summed E-state index contributed by atoms with van der Waals surface area (Å²) in [5.41, 5.74) is 9.24. The van der Waals surface area contributed by atoms with Gasteiger partial charge in [0.1, 0.15) is 12.1 Å². The molecule has 6 nitrogen and oxygen atoms in total. The van der Waals surface area contributed by atoms with Gasteiger partial charge in [-0.1, -0.05) is 42.5 Å². The summed E-state index contributed by atoms with van der Waals surface area (Å²) >= 11 is 0. The first kappa shape index (κ1) is 18.8. The molecule has 2 heterocycles. The number of nitrogens with one attached hydrogen (secondary N) is 1. The van der Waals surface area contributed by atoms with E-state index in [4.69, 9.17) is 5.73 Å². The second-order valence-corrected chi connectivity index (χ2v) is 7.57. The Morgan fingerprint density at radius 3 is 2.79 bits per heavy atom. The third-order valence-electron chi connectivity index (χ3n) is 5.51. The van der Waals surface area contributed by atoms with Crippen LogP contribution in [0.25, 0.3) is 10.9 Å². The van der Waals surface area contributed by atoms with Crippen molar-refractivity contribution < 1.29 is 5.11 Å². The smallest absolute Gasteiger partial charge is 0.138 e. The summed E-state index contributed by atoms with van der Waals surface area (Å²) < 4.78 is 0. The van der Waals surface area contributed by atoms with Crippen molar-refractivity contribution in [3.63, 3.8) is 0 Å². The highest BCUT2D eigenvalue weighted by molar-refractivity contribution is 5.92. The molecule has 0 amide bonds. The molecule has 6 heteroatoms. The maximum Gasteiger partial charge on any atom is 0.138 e. The third-order valence-corrected chi connectivity index (χ3v) is 5.51. The zero-order valence-electron chi connectivity index (χ0n) is 16.1. The van der Waals surface area contributed by atoms with Crippen LogP contribution in [0.2, 0.25) is 0 Å². The zero-order chi connectivity index (χ0) is 19.5. The molecule has 2 aromatic carbocycles. The van der Waals surface area contributed by atoms with E-state index >= 15 is 0 Å². The van der Waals surface area contributed by atoms with Gasteiger partial charge in [-0.3, -0.25) is 4.90 Å². The number of piperidine rings is 1. The fourth-order valence-electron chi connectivity index (χ4n) is 3.85. The molecule has 0 unspecified atom stereocenters. The van der Waals surface area contributed by atoms with E-state index in [0.717, 1.165) is 41.8 Å². The number of nitrogens with two attached hydrogens (primary N) is 1. The zero-order valence-corrected chi connectivity index (χ0v) is 16.1. The van der Waals surface area contributed by atoms with Gasteiger partial charge in [0.15, 0.2) is 0 Å². The molecule has 0 spiro atoms. The van der Waals surface area contributed by atoms with E-state index < -0.39 is 6.10 Å². The standard InChI is InChI=1S/C22H27N5O/c1-15(16-6-3-2-4-7-16)26-22-21-17(8-5-9-19(21)24-14-25-22)12-27-11-10-18(23)20(28)13-27/h2-9,14-15,18,20,28H,10-13,23H2,1H3,(H,24,25,26)/t15-,18+,20+/m0/s1. The van der Waals surface area contributed by atoms with Crippen LogP contribution in [-0.2, 0) is 6.54 Å². The number of nitrogens with zero attached hydrogens (tertiary/aromatic N) is 3. The summed E-state index contributed by atoms with van der Waals surface area (Å²) in [7, 11) is 0. The number of anilines is 1. The molecule has 3 aromatic rings. The van der Waals surface area contributed by atoms with Crippen LogP contribution in [0.3, 0.4) is 0 Å². The van der Waals surface area contributed by atoms with Crippen LogP contribution >= 0.6 is 0 Å². The van der Waals surface area contributed by atoms with Gasteiger partial charge in [0, 0.05) is 37.1 Å². The average molecular weight is 377 g/mol. The van der Waals surface area contributed by atoms with Gasteiger partial charge in [-0.2, -0.15) is 0 Å². The lowest BCUT2D eigenvalue weighted by Gasteiger charge is -2.34. The molecule has 0 bridgehead atoms. The lowest BCUT2D eigenvalue weighted by Crippen LogP contribution is -2.50. The summed E-state index contributed by atoms with van der Waals surface area (Å²) in [4.78, 5) is 11.3. The Kier molecular flexibility index (Phi) is 5.52. The number of aromatic nitrogens is 2. The van der Waals surface area contributed by atoms with E-state index in [2.05, 4.69) is 45.3 Å². The van der Waals surface area contributed by atoms with Crippen molar-refractivity contribution in [2.75, 3.05) is 18.4 Å². The normalized spacial score (nSPS) is 21.5. The van der Waals surface area contributed by atoms with Gasteiger partial charge in [-0.05, 0) is 30.5 Å². The van der Waals surface area contributed by atoms with Crippen LogP contribution in [-0.4, -0.2) is 45.2 Å². The minimum Gasteiger partial charge on any atom is -0.390 e. The Morgan fingerprint density at radius 1 is 1.18 bits per heavy atom. The maximum absolute atomic E-state index is 10.1. The summed E-state index contributed by atoms with van der Waals surface area (Å²) in [6.07, 6.45) is 1.93. The van der Waals surface area contributed by atoms with Crippen molar-refractivity contribution >= 4 is 16.7 Å². The second kappa shape index (κ2) is 8.22. The minimum absolute atomic E-state index is 0.127. The fraction of sp³-hybridized carbons (Fsp3) is 0.364. The van der Waals surface area contributed by atoms with Crippen molar-refractivity contribution in [1.29, 1.82) is 0 Å². The summed E-state index contributed by atoms with van der Waals surface area (Å²) in [6.45, 7) is 4.34. The number of hydrogen-bond donors (Lipinski definition) is 3. The van der Waals surface area contributed by atoms with Crippen LogP contribution in [0.5, 0.6) is 0 Å². The van der Waals surface area contributed by atoms with Crippen LogP contribution in [0, 0.1) is 0 Å². The number of aliphatic hydroxyl groups excluding tert-OH is 1. The van der Waals surface area contributed by atoms with Crippen molar-refractivity contribution in [1.82, 2.24) is 14.9 Å². The number of β-amino-alcohol motifs (C(OH)–C–C–N with tert-alkyl or cyclic N) is 1. The molecular formula is C22H27N5O. The largest absolute Gasteiger partial charge is 0.390 e. The maximum atomic E-state index is 10.1. The van der Waals surface area contributed by atoms with E-state index in [1.54, 1.807) is 6.33 Å². The number of fused-ring (bicyclic) bond motifs is 1. The molecule has 1 saturated heterocycles. The highest BCUT2D eigenvalue weighted by atomic mass is 16.3. The average Bonchev–Trinajstić information content (AvgIpc) is 2.72. The van der Waals surface area contributed by atoms with Crippen LogP contribution < -0.4 is 11.1 Å². The van der Waals surface area contributed by atoms with Gasteiger partial charge < -0.3 is 16.2 Å². The Labute approximate surface area is 165 Å². The molecular weight excluding hydrogens is 350 g/mol. The molecule has 146 valence electrons. The Hall–Kier alpha value is -2.54. The Balaban J connectivity index is 1.63. The van der Waals surface area contributed by atoms with E-state index in [0.29, 0.717) is 6.54 Å².